The lowest BCUT2D eigenvalue weighted by atomic mass is 10.1. The van der Waals surface area contributed by atoms with Crippen molar-refractivity contribution >= 4 is 0 Å². The van der Waals surface area contributed by atoms with Gasteiger partial charge in [-0.2, -0.15) is 0 Å². The summed E-state index contributed by atoms with van der Waals surface area (Å²) in [5.74, 6) is 1.73. The van der Waals surface area contributed by atoms with Gasteiger partial charge in [0.25, 0.3) is 0 Å². The average Bonchev–Trinajstić information content (AvgIpc) is 2.61. The van der Waals surface area contributed by atoms with Crippen LogP contribution in [0.25, 0.3) is 0 Å². The summed E-state index contributed by atoms with van der Waals surface area (Å²) in [6, 6.07) is 15.4. The van der Waals surface area contributed by atoms with Crippen LogP contribution in [0.15, 0.2) is 60.9 Å². The van der Waals surface area contributed by atoms with Crippen molar-refractivity contribution in [2.24, 2.45) is 0 Å². The normalized spacial score (nSPS) is 10.6. The third-order valence-corrected chi connectivity index (χ3v) is 3.36. The van der Waals surface area contributed by atoms with Gasteiger partial charge in [0.2, 0.25) is 0 Å². The van der Waals surface area contributed by atoms with Crippen LogP contribution in [0.5, 0.6) is 17.5 Å². The van der Waals surface area contributed by atoms with Crippen LogP contribution in [0, 0.1) is 0 Å². The number of hydrogen-bond donors (Lipinski definition) is 0. The van der Waals surface area contributed by atoms with Gasteiger partial charge >= 0.3 is 6.01 Å². The van der Waals surface area contributed by atoms with Crippen molar-refractivity contribution in [3.8, 4) is 17.5 Å². The first-order chi connectivity index (χ1) is 11.7. The highest BCUT2D eigenvalue weighted by molar-refractivity contribution is 5.34. The summed E-state index contributed by atoms with van der Waals surface area (Å²) in [7, 11) is 0. The Morgan fingerprint density at radius 1 is 0.917 bits per heavy atom. The molecule has 0 atom stereocenters. The number of ether oxygens (including phenoxy) is 2. The van der Waals surface area contributed by atoms with Crippen LogP contribution >= 0.6 is 0 Å². The van der Waals surface area contributed by atoms with Gasteiger partial charge in [-0.15, -0.1) is 0 Å². The first-order valence-corrected chi connectivity index (χ1v) is 7.84. The highest BCUT2D eigenvalue weighted by Gasteiger charge is 2.05. The fourth-order valence-electron chi connectivity index (χ4n) is 2.13. The number of aromatic nitrogens is 3. The Hall–Kier alpha value is -2.95. The molecule has 3 rings (SSSR count). The molecule has 2 aromatic heterocycles. The monoisotopic (exact) mass is 321 g/mol. The van der Waals surface area contributed by atoms with E-state index in [1.807, 2.05) is 42.5 Å². The molecule has 0 bridgehead atoms. The smallest absolute Gasteiger partial charge is 0.321 e. The maximum absolute atomic E-state index is 5.82. The van der Waals surface area contributed by atoms with Crippen LogP contribution in [0.1, 0.15) is 31.2 Å². The second kappa shape index (κ2) is 7.55. The van der Waals surface area contributed by atoms with Gasteiger partial charge in [-0.1, -0.05) is 26.0 Å². The third-order valence-electron chi connectivity index (χ3n) is 3.36. The number of pyridine rings is 1. The number of hydrogen-bond acceptors (Lipinski definition) is 5. The summed E-state index contributed by atoms with van der Waals surface area (Å²) < 4.78 is 11.4. The molecule has 24 heavy (non-hydrogen) atoms. The van der Waals surface area contributed by atoms with Gasteiger partial charge in [0.15, 0.2) is 0 Å². The van der Waals surface area contributed by atoms with Crippen molar-refractivity contribution in [1.82, 2.24) is 15.0 Å². The molecule has 0 fully saturated rings. The van der Waals surface area contributed by atoms with E-state index in [4.69, 9.17) is 9.47 Å². The Balaban J connectivity index is 1.65. The fraction of sp³-hybridized carbons (Fsp3) is 0.211. The Kier molecular flexibility index (Phi) is 5.01. The Bertz CT molecular complexity index is 791. The zero-order chi connectivity index (χ0) is 16.8. The molecule has 0 spiro atoms. The molecule has 0 saturated heterocycles. The summed E-state index contributed by atoms with van der Waals surface area (Å²) in [6.45, 7) is 4.66. The van der Waals surface area contributed by atoms with Gasteiger partial charge in [-0.3, -0.25) is 4.98 Å². The molecule has 5 heteroatoms. The minimum atomic E-state index is 0.306. The van der Waals surface area contributed by atoms with Gasteiger partial charge in [0, 0.05) is 24.2 Å². The van der Waals surface area contributed by atoms with Crippen molar-refractivity contribution in [3.63, 3.8) is 0 Å². The first kappa shape index (κ1) is 15.9. The molecule has 5 nitrogen and oxygen atoms in total. The molecule has 2 heterocycles. The van der Waals surface area contributed by atoms with Gasteiger partial charge in [0.1, 0.15) is 18.1 Å². The summed E-state index contributed by atoms with van der Waals surface area (Å²) in [5.41, 5.74) is 1.97. The summed E-state index contributed by atoms with van der Waals surface area (Å²) in [5, 5.41) is 0. The van der Waals surface area contributed by atoms with E-state index < -0.39 is 0 Å². The fourth-order valence-corrected chi connectivity index (χ4v) is 2.13. The molecule has 0 unspecified atom stereocenters. The zero-order valence-electron chi connectivity index (χ0n) is 13.7. The van der Waals surface area contributed by atoms with Crippen LogP contribution < -0.4 is 9.47 Å². The van der Waals surface area contributed by atoms with Gasteiger partial charge in [0.05, 0.1) is 5.69 Å². The third kappa shape index (κ3) is 4.29. The van der Waals surface area contributed by atoms with Crippen LogP contribution in [0.4, 0.5) is 0 Å². The van der Waals surface area contributed by atoms with Gasteiger partial charge in [-0.05, 0) is 36.2 Å². The summed E-state index contributed by atoms with van der Waals surface area (Å²) >= 11 is 0. The van der Waals surface area contributed by atoms with E-state index in [2.05, 4.69) is 28.8 Å². The maximum atomic E-state index is 5.82. The Morgan fingerprint density at radius 2 is 1.67 bits per heavy atom. The van der Waals surface area contributed by atoms with E-state index in [1.165, 1.54) is 0 Å². The predicted molar refractivity (Wildman–Crippen MR) is 91.2 cm³/mol. The quantitative estimate of drug-likeness (QED) is 0.675. The molecule has 0 saturated carbocycles. The van der Waals surface area contributed by atoms with Crippen LogP contribution in [0.2, 0.25) is 0 Å². The van der Waals surface area contributed by atoms with E-state index >= 15 is 0 Å². The lowest BCUT2D eigenvalue weighted by Crippen LogP contribution is -2.01. The zero-order valence-corrected chi connectivity index (χ0v) is 13.7. The lowest BCUT2D eigenvalue weighted by molar-refractivity contribution is 0.299. The highest BCUT2D eigenvalue weighted by atomic mass is 16.5. The molecule has 0 aliphatic rings. The maximum Gasteiger partial charge on any atom is 0.321 e. The molecular formula is C19H19N3O2. The van der Waals surface area contributed by atoms with Crippen molar-refractivity contribution in [3.05, 3.63) is 72.3 Å². The second-order valence-electron chi connectivity index (χ2n) is 5.61. The van der Waals surface area contributed by atoms with Crippen molar-refractivity contribution in [1.29, 1.82) is 0 Å². The van der Waals surface area contributed by atoms with E-state index in [0.29, 0.717) is 30.0 Å². The molecule has 0 radical (unpaired) electrons. The van der Waals surface area contributed by atoms with Gasteiger partial charge < -0.3 is 9.47 Å². The highest BCUT2D eigenvalue weighted by Crippen LogP contribution is 2.23. The molecular weight excluding hydrogens is 302 g/mol. The van der Waals surface area contributed by atoms with Crippen LogP contribution in [-0.2, 0) is 6.61 Å². The minimum absolute atomic E-state index is 0.306. The standard InChI is InChI=1S/C19H19N3O2/c1-14(2)18-9-3-6-15(22-18)13-23-16-7-4-8-17(12-16)24-19-20-10-5-11-21-19/h3-12,14H,13H2,1-2H3. The summed E-state index contributed by atoms with van der Waals surface area (Å²) in [6.07, 6.45) is 3.27. The topological polar surface area (TPSA) is 57.1 Å². The Morgan fingerprint density at radius 3 is 2.46 bits per heavy atom. The molecule has 1 aromatic carbocycles. The van der Waals surface area contributed by atoms with Crippen LogP contribution in [0.3, 0.4) is 0 Å². The Labute approximate surface area is 141 Å². The van der Waals surface area contributed by atoms with Crippen molar-refractivity contribution < 1.29 is 9.47 Å². The van der Waals surface area contributed by atoms with E-state index in [9.17, 15) is 0 Å². The molecule has 0 amide bonds. The molecule has 0 aliphatic carbocycles. The van der Waals surface area contributed by atoms with Crippen molar-refractivity contribution in [2.45, 2.75) is 26.4 Å². The molecule has 3 aromatic rings. The lowest BCUT2D eigenvalue weighted by Gasteiger charge is -2.10. The number of nitrogens with zero attached hydrogens (tertiary/aromatic N) is 3. The minimum Gasteiger partial charge on any atom is -0.487 e. The largest absolute Gasteiger partial charge is 0.487 e. The molecule has 0 N–H and O–H groups in total. The van der Waals surface area contributed by atoms with E-state index in [1.54, 1.807) is 18.5 Å². The molecule has 0 aliphatic heterocycles. The van der Waals surface area contributed by atoms with E-state index in [0.717, 1.165) is 11.4 Å². The number of rotatable bonds is 6. The first-order valence-electron chi connectivity index (χ1n) is 7.84. The summed E-state index contributed by atoms with van der Waals surface area (Å²) in [4.78, 5) is 12.7. The average molecular weight is 321 g/mol. The SMILES string of the molecule is CC(C)c1cccc(COc2cccc(Oc3ncccn3)c2)n1. The van der Waals surface area contributed by atoms with Gasteiger partial charge in [-0.25, -0.2) is 9.97 Å². The predicted octanol–water partition coefficient (Wildman–Crippen LogP) is 4.37. The molecule has 122 valence electrons. The van der Waals surface area contributed by atoms with Crippen LogP contribution in [-0.4, -0.2) is 15.0 Å². The van der Waals surface area contributed by atoms with Crippen molar-refractivity contribution in [2.75, 3.05) is 0 Å². The number of benzene rings is 1. The van der Waals surface area contributed by atoms with E-state index in [-0.39, 0.29) is 0 Å². The second-order valence-corrected chi connectivity index (χ2v) is 5.61.